The van der Waals surface area contributed by atoms with Crippen LogP contribution in [0.1, 0.15) is 149 Å². The Morgan fingerprint density at radius 1 is 0.720 bits per heavy atom. The second kappa shape index (κ2) is 50.2. The molecule has 125 heavy (non-hydrogen) atoms. The number of H-pyrrole nitrogens is 1. The minimum absolute atomic E-state index is 0.0297. The van der Waals surface area contributed by atoms with Gasteiger partial charge in [0, 0.05) is 94.3 Å². The lowest BCUT2D eigenvalue weighted by molar-refractivity contribution is -0.265. The number of nitrogens with two attached hydrogens (primary N) is 1. The van der Waals surface area contributed by atoms with Crippen molar-refractivity contribution in [2.45, 2.75) is 206 Å². The first-order valence-corrected chi connectivity index (χ1v) is 44.3. The number of cyclic esters (lactones) is 1. The molecule has 0 radical (unpaired) electrons. The molecule has 33 heteroatoms. The van der Waals surface area contributed by atoms with E-state index in [4.69, 9.17) is 72.4 Å². The van der Waals surface area contributed by atoms with Crippen LogP contribution in [-0.4, -0.2) is 290 Å². The molecule has 5 aliphatic rings. The number of alkyl carbamates (subject to hydrolysis) is 1. The SMILES string of the molecule is CO[C@H]1C[C@@H]2CC[C@@H](C)[C@@](O)(O2)C(=O)C(=O)N2CCCC[C@H]2C(=O)O[C@H]([C@H](C)C[C@@H]2CC[C@@H](OC(=O)NCCOCCOCCOCCOCCOCCOCCOCCOCCC(=O)N3CCc4cc(Cn5nc(-c6cnc7[nH]ccc7c6)c6c(N)ncnc65)ccc4C3)[C@H](OC)C2)CC(=O)[C@H](C)/C=C(\C)[C@@H](O)[C@@H](O)C(=O)[C@H](C)C[C@H](C)/C=C/C=CC=C1C. The normalized spacial score (nSPS) is 26.6. The number of carbonyl (C=O) groups excluding carboxylic acids is 7. The fourth-order valence-corrected chi connectivity index (χ4v) is 16.9. The van der Waals surface area contributed by atoms with Crippen molar-refractivity contribution in [3.8, 4) is 11.3 Å². The van der Waals surface area contributed by atoms with Crippen molar-refractivity contribution in [1.82, 2.24) is 44.8 Å². The van der Waals surface area contributed by atoms with Crippen molar-refractivity contribution < 1.29 is 110 Å². The molecule has 15 atom stereocenters. The van der Waals surface area contributed by atoms with Crippen molar-refractivity contribution >= 4 is 69.1 Å². The molecule has 7 N–H and O–H groups in total. The van der Waals surface area contributed by atoms with Gasteiger partial charge in [0.25, 0.3) is 11.7 Å². The number of aliphatic hydroxyl groups is 3. The lowest BCUT2D eigenvalue weighted by Crippen LogP contribution is -2.61. The van der Waals surface area contributed by atoms with Gasteiger partial charge in [0.15, 0.2) is 11.4 Å². The molecule has 4 aliphatic heterocycles. The number of nitrogen functional groups attached to an aromatic ring is 1. The Hall–Kier alpha value is -8.65. The number of fused-ring (bicyclic) bond motifs is 6. The van der Waals surface area contributed by atoms with Gasteiger partial charge in [-0.25, -0.2) is 29.2 Å². The number of methoxy groups -OCH3 is 2. The molecule has 33 nitrogen and oxygen atoms in total. The lowest BCUT2D eigenvalue weighted by atomic mass is 9.78. The van der Waals surface area contributed by atoms with Gasteiger partial charge in [0.1, 0.15) is 59.7 Å². The number of aliphatic hydroxyl groups excluding tert-OH is 2. The summed E-state index contributed by atoms with van der Waals surface area (Å²) in [7, 11) is 3.10. The standard InChI is InChI=1S/C92H132N10O23/c1-59-15-11-10-12-16-60(2)76(113-8)53-72-22-18-65(7)92(112,125-72)85(108)89(109)101-29-14-13-17-73(101)90(110)123-77(54-74(103)61(3)48-64(6)83(106)84(107)82(105)63(5)47-59)62(4)49-66-20-23-75(78(51-66)114-9)124-91(111)95-28-32-116-34-36-118-38-40-120-42-44-122-46-45-121-43-41-119-39-37-117-35-33-115-31-26-79(104)100-30-25-68-50-67(19-21-70(68)57-100)56-102-88-80(86(93)97-58-98-88)81(99-102)71-52-69-24-27-94-87(69)96-55-71/h10-12,15-16,19,21,24,27,48,50,52,55,58-59,61-63,65-66,72-73,75-78,83-84,106-107,112H,13-14,17-18,20,22-23,25-26,28-47,49,51,53-54,56-57H2,1-9H3,(H,94,96)(H,95,111)(H2,93,97,98)/b12-10?,15-11+,60-16?,64-48+/t59-,61-,62-,63-,65-,66+,72+,73+,75-,76+,77+,78-,83-,84+,92-/m1/s1. The fraction of sp³-hybridized carbons (Fsp3) is 0.641. The summed E-state index contributed by atoms with van der Waals surface area (Å²) in [5.41, 5.74) is 13.7. The second-order valence-electron chi connectivity index (χ2n) is 33.6. The zero-order valence-corrected chi connectivity index (χ0v) is 74.1. The van der Waals surface area contributed by atoms with E-state index in [0.29, 0.717) is 199 Å². The van der Waals surface area contributed by atoms with Gasteiger partial charge in [0.05, 0.1) is 142 Å². The number of piperidine rings is 1. The molecular formula is C92H132N10O23. The number of carbonyl (C=O) groups is 7. The van der Waals surface area contributed by atoms with Crippen LogP contribution in [0, 0.1) is 35.5 Å². The average molecular weight is 1750 g/mol. The first-order valence-electron chi connectivity index (χ1n) is 44.3. The number of ether oxygens (including phenoxy) is 13. The van der Waals surface area contributed by atoms with Crippen molar-refractivity contribution in [2.75, 3.05) is 145 Å². The highest BCUT2D eigenvalue weighted by atomic mass is 16.6. The van der Waals surface area contributed by atoms with Gasteiger partial charge < -0.3 is 103 Å². The largest absolute Gasteiger partial charge is 0.460 e. The molecule has 5 aromatic rings. The maximum Gasteiger partial charge on any atom is 0.407 e. The Morgan fingerprint density at radius 2 is 1.40 bits per heavy atom. The summed E-state index contributed by atoms with van der Waals surface area (Å²) in [6.45, 7) is 19.9. The number of nitrogens with one attached hydrogen (secondary N) is 2. The molecule has 4 aromatic heterocycles. The van der Waals surface area contributed by atoms with Crippen molar-refractivity contribution in [2.24, 2.45) is 35.5 Å². The number of Topliss-reactive ketones (excluding diaryl/α,β-unsaturated/α-hetero) is 3. The van der Waals surface area contributed by atoms with Crippen molar-refractivity contribution in [1.29, 1.82) is 0 Å². The van der Waals surface area contributed by atoms with Gasteiger partial charge in [-0.1, -0.05) is 89.3 Å². The maximum absolute atomic E-state index is 14.7. The van der Waals surface area contributed by atoms with Crippen LogP contribution < -0.4 is 11.1 Å². The highest BCUT2D eigenvalue weighted by Crippen LogP contribution is 2.40. The maximum atomic E-state index is 14.7. The van der Waals surface area contributed by atoms with Crippen molar-refractivity contribution in [3.63, 3.8) is 0 Å². The van der Waals surface area contributed by atoms with E-state index in [1.165, 1.54) is 24.9 Å². The number of amides is 3. The average Bonchev–Trinajstić information content (AvgIpc) is 1.71. The van der Waals surface area contributed by atoms with Crippen LogP contribution in [0.5, 0.6) is 0 Å². The minimum atomic E-state index is -2.49. The van der Waals surface area contributed by atoms with Crippen LogP contribution in [0.15, 0.2) is 96.7 Å². The van der Waals surface area contributed by atoms with Crippen molar-refractivity contribution in [3.05, 3.63) is 113 Å². The number of aromatic nitrogens is 6. The molecule has 0 spiro atoms. The Labute approximate surface area is 732 Å². The molecule has 1 aliphatic carbocycles. The number of hydrogen-bond donors (Lipinski definition) is 6. The van der Waals surface area contributed by atoms with Crippen LogP contribution >= 0.6 is 0 Å². The van der Waals surface area contributed by atoms with E-state index >= 15 is 0 Å². The Bertz CT molecular complexity index is 4440. The van der Waals surface area contributed by atoms with Crippen LogP contribution in [0.2, 0.25) is 0 Å². The van der Waals surface area contributed by atoms with Gasteiger partial charge in [-0.3, -0.25) is 24.0 Å². The third-order valence-electron chi connectivity index (χ3n) is 24.3. The predicted octanol–water partition coefficient (Wildman–Crippen LogP) is 8.68. The van der Waals surface area contributed by atoms with Gasteiger partial charge in [0.2, 0.25) is 11.7 Å². The number of nitrogens with zero attached hydrogens (tertiary/aromatic N) is 7. The van der Waals surface area contributed by atoms with Crippen LogP contribution in [0.25, 0.3) is 33.3 Å². The lowest BCUT2D eigenvalue weighted by Gasteiger charge is -2.42. The van der Waals surface area contributed by atoms with E-state index in [1.54, 1.807) is 41.2 Å². The topological polar surface area (TPSA) is 417 Å². The number of aromatic amines is 1. The zero-order valence-electron chi connectivity index (χ0n) is 74.1. The third-order valence-corrected chi connectivity index (χ3v) is 24.3. The number of esters is 1. The smallest absolute Gasteiger partial charge is 0.407 e. The van der Waals surface area contributed by atoms with Gasteiger partial charge in [-0.2, -0.15) is 5.10 Å². The number of pyridine rings is 1. The predicted molar refractivity (Wildman–Crippen MR) is 463 cm³/mol. The molecule has 8 heterocycles. The summed E-state index contributed by atoms with van der Waals surface area (Å²) in [5, 5.41) is 44.0. The quantitative estimate of drug-likeness (QED) is 0.00944. The zero-order chi connectivity index (χ0) is 89.4. The second-order valence-corrected chi connectivity index (χ2v) is 33.6. The first-order chi connectivity index (χ1) is 60.3. The number of hydrogen-bond acceptors (Lipinski definition) is 28. The molecule has 1 aromatic carbocycles. The Balaban J connectivity index is 0.549. The monoisotopic (exact) mass is 1740 g/mol. The number of rotatable bonds is 36. The molecule has 0 unspecified atom stereocenters. The molecule has 3 fully saturated rings. The number of benzene rings is 1. The van der Waals surface area contributed by atoms with E-state index in [2.05, 4.69) is 43.5 Å². The summed E-state index contributed by atoms with van der Waals surface area (Å²) in [6.07, 6.45) is 14.1. The molecule has 10 rings (SSSR count). The van der Waals surface area contributed by atoms with E-state index in [-0.39, 0.29) is 74.5 Å². The summed E-state index contributed by atoms with van der Waals surface area (Å²) < 4.78 is 77.1. The number of anilines is 1. The van der Waals surface area contributed by atoms with Gasteiger partial charge in [-0.05, 0) is 142 Å². The van der Waals surface area contributed by atoms with E-state index in [9.17, 15) is 48.9 Å². The van der Waals surface area contributed by atoms with Crippen LogP contribution in [-0.2, 0) is 110 Å². The molecule has 2 saturated heterocycles. The fourth-order valence-electron chi connectivity index (χ4n) is 16.9. The van der Waals surface area contributed by atoms with E-state index in [0.717, 1.165) is 44.6 Å². The summed E-state index contributed by atoms with van der Waals surface area (Å²) in [6, 6.07) is 9.11. The summed E-state index contributed by atoms with van der Waals surface area (Å²) >= 11 is 0. The van der Waals surface area contributed by atoms with E-state index in [1.807, 2.05) is 79.1 Å². The molecular weight excluding hydrogens is 1610 g/mol. The highest BCUT2D eigenvalue weighted by Gasteiger charge is 2.53. The Kier molecular flexibility index (Phi) is 39.6. The third kappa shape index (κ3) is 28.9. The van der Waals surface area contributed by atoms with Crippen LogP contribution in [0.3, 0.4) is 0 Å². The molecule has 688 valence electrons. The summed E-state index contributed by atoms with van der Waals surface area (Å²) in [4.78, 5) is 117. The Morgan fingerprint density at radius 3 is 2.08 bits per heavy atom. The number of ketones is 3. The highest BCUT2D eigenvalue weighted by molar-refractivity contribution is 6.39. The first kappa shape index (κ1) is 98.5. The molecule has 2 bridgehead atoms. The van der Waals surface area contributed by atoms with E-state index < -0.39 is 108 Å². The number of allylic oxidation sites excluding steroid dienone is 6. The minimum Gasteiger partial charge on any atom is -0.460 e. The summed E-state index contributed by atoms with van der Waals surface area (Å²) in [5.74, 6) is -8.88. The molecule has 1 saturated carbocycles. The molecule has 3 amide bonds. The van der Waals surface area contributed by atoms with Gasteiger partial charge in [-0.15, -0.1) is 0 Å². The van der Waals surface area contributed by atoms with Crippen LogP contribution in [0.4, 0.5) is 10.6 Å². The van der Waals surface area contributed by atoms with Gasteiger partial charge >= 0.3 is 12.1 Å².